The molecule has 0 saturated heterocycles. The molecule has 0 N–H and O–H groups in total. The van der Waals surface area contributed by atoms with Gasteiger partial charge in [0, 0.05) is 11.8 Å². The first-order valence-corrected chi connectivity index (χ1v) is 10.2. The first kappa shape index (κ1) is 15.5. The van der Waals surface area contributed by atoms with Crippen LogP contribution in [0.15, 0.2) is 48.7 Å². The Morgan fingerprint density at radius 2 is 1.78 bits per heavy atom. The van der Waals surface area contributed by atoms with Crippen molar-refractivity contribution in [2.45, 2.75) is 0 Å². The summed E-state index contributed by atoms with van der Waals surface area (Å²) >= 11 is 0. The number of benzene rings is 1. The van der Waals surface area contributed by atoms with Gasteiger partial charge in [-0.15, -0.1) is 0 Å². The summed E-state index contributed by atoms with van der Waals surface area (Å²) in [7, 11) is 0.769. The van der Waals surface area contributed by atoms with Gasteiger partial charge in [0.2, 0.25) is 0 Å². The van der Waals surface area contributed by atoms with Gasteiger partial charge < -0.3 is 4.74 Å². The average molecular weight is 324 g/mol. The molecule has 2 aromatic heterocycles. The minimum Gasteiger partial charge on any atom is -0.497 e. The number of nitrogens with zero attached hydrogens (tertiary/aromatic N) is 2. The Hall–Kier alpha value is -2.38. The number of hydrogen-bond donors (Lipinski definition) is 0. The summed E-state index contributed by atoms with van der Waals surface area (Å²) in [6.45, 7) is 0. The molecule has 4 heteroatoms. The quantitative estimate of drug-likeness (QED) is 0.666. The van der Waals surface area contributed by atoms with Crippen molar-refractivity contribution in [1.29, 1.82) is 0 Å². The molecule has 0 spiro atoms. The normalized spacial score (nSPS) is 11.8. The molecule has 3 aromatic rings. The van der Waals surface area contributed by atoms with Crippen LogP contribution in [0.3, 0.4) is 0 Å². The van der Waals surface area contributed by atoms with Gasteiger partial charge in [-0.05, 0) is 66.3 Å². The Balaban J connectivity index is 2.20. The van der Waals surface area contributed by atoms with Crippen molar-refractivity contribution in [1.82, 2.24) is 9.38 Å². The number of imidazole rings is 1. The van der Waals surface area contributed by atoms with Crippen LogP contribution in [-0.2, 0) is 0 Å². The third-order valence-electron chi connectivity index (χ3n) is 3.37. The third-order valence-corrected chi connectivity index (χ3v) is 4.08. The second kappa shape index (κ2) is 6.02. The summed E-state index contributed by atoms with van der Waals surface area (Å²) < 4.78 is 7.29. The fraction of sp³-hybridized carbons (Fsp3) is 0.211. The highest BCUT2D eigenvalue weighted by atomic mass is 32.3. The maximum atomic E-state index is 5.24. The molecular formula is C19H20N2OS. The highest BCUT2D eigenvalue weighted by Gasteiger charge is 2.12. The van der Waals surface area contributed by atoms with Crippen LogP contribution in [-0.4, -0.2) is 35.3 Å². The Labute approximate surface area is 138 Å². The zero-order valence-electron chi connectivity index (χ0n) is 13.8. The SMILES string of the molecule is COc1ccc(-c2nc3ccccn3c2C#CS(C)(C)C)cc1. The summed E-state index contributed by atoms with van der Waals surface area (Å²) in [5.41, 5.74) is 3.80. The molecule has 23 heavy (non-hydrogen) atoms. The first-order chi connectivity index (χ1) is 11.0. The lowest BCUT2D eigenvalue weighted by Crippen LogP contribution is -1.91. The van der Waals surface area contributed by atoms with E-state index in [0.29, 0.717) is 0 Å². The van der Waals surface area contributed by atoms with Gasteiger partial charge in [0.25, 0.3) is 0 Å². The van der Waals surface area contributed by atoms with E-state index < -0.39 is 10.0 Å². The van der Waals surface area contributed by atoms with Crippen LogP contribution < -0.4 is 4.74 Å². The molecule has 118 valence electrons. The first-order valence-electron chi connectivity index (χ1n) is 7.30. The van der Waals surface area contributed by atoms with E-state index in [1.54, 1.807) is 7.11 Å². The maximum Gasteiger partial charge on any atom is 0.138 e. The monoisotopic (exact) mass is 324 g/mol. The highest BCUT2D eigenvalue weighted by molar-refractivity contribution is 8.35. The highest BCUT2D eigenvalue weighted by Crippen LogP contribution is 2.33. The molecule has 0 bridgehead atoms. The molecule has 2 heterocycles. The molecule has 3 nitrogen and oxygen atoms in total. The Morgan fingerprint density at radius 1 is 1.04 bits per heavy atom. The molecule has 0 saturated carbocycles. The summed E-state index contributed by atoms with van der Waals surface area (Å²) in [5.74, 6) is 4.20. The number of ether oxygens (including phenoxy) is 1. The number of methoxy groups -OCH3 is 1. The number of hydrogen-bond acceptors (Lipinski definition) is 2. The number of rotatable bonds is 2. The van der Waals surface area contributed by atoms with Gasteiger partial charge in [0.05, 0.1) is 7.11 Å². The number of aromatic nitrogens is 2. The van der Waals surface area contributed by atoms with Crippen LogP contribution in [0, 0.1) is 11.2 Å². The van der Waals surface area contributed by atoms with Crippen LogP contribution in [0.2, 0.25) is 0 Å². The van der Waals surface area contributed by atoms with E-state index in [1.807, 2.05) is 48.7 Å². The van der Waals surface area contributed by atoms with Crippen LogP contribution in [0.25, 0.3) is 16.9 Å². The van der Waals surface area contributed by atoms with Gasteiger partial charge in [0.15, 0.2) is 0 Å². The Morgan fingerprint density at radius 3 is 2.43 bits per heavy atom. The van der Waals surface area contributed by atoms with Gasteiger partial charge in [-0.1, -0.05) is 6.07 Å². The second-order valence-corrected chi connectivity index (χ2v) is 9.91. The van der Waals surface area contributed by atoms with Gasteiger partial charge in [-0.25, -0.2) is 4.98 Å². The van der Waals surface area contributed by atoms with Crippen LogP contribution in [0.4, 0.5) is 0 Å². The molecule has 0 radical (unpaired) electrons. The summed E-state index contributed by atoms with van der Waals surface area (Å²) in [5, 5.41) is 3.40. The minimum absolute atomic E-state index is 0.837. The minimum atomic E-state index is -0.901. The summed E-state index contributed by atoms with van der Waals surface area (Å²) in [4.78, 5) is 4.77. The second-order valence-electron chi connectivity index (χ2n) is 6.03. The Kier molecular flexibility index (Phi) is 4.06. The van der Waals surface area contributed by atoms with Gasteiger partial charge >= 0.3 is 0 Å². The van der Waals surface area contributed by atoms with Crippen LogP contribution in [0.1, 0.15) is 5.69 Å². The van der Waals surface area contributed by atoms with E-state index in [4.69, 9.17) is 9.72 Å². The van der Waals surface area contributed by atoms with E-state index in [-0.39, 0.29) is 0 Å². The average Bonchev–Trinajstić information content (AvgIpc) is 2.91. The predicted molar refractivity (Wildman–Crippen MR) is 99.4 cm³/mol. The zero-order valence-corrected chi connectivity index (χ0v) is 14.6. The summed E-state index contributed by atoms with van der Waals surface area (Å²) in [6.07, 6.45) is 8.58. The van der Waals surface area contributed by atoms with E-state index in [9.17, 15) is 0 Å². The molecule has 0 fully saturated rings. The van der Waals surface area contributed by atoms with Crippen molar-refractivity contribution in [3.8, 4) is 28.2 Å². The smallest absolute Gasteiger partial charge is 0.138 e. The summed E-state index contributed by atoms with van der Waals surface area (Å²) in [6, 6.07) is 13.9. The predicted octanol–water partition coefficient (Wildman–Crippen LogP) is 4.01. The maximum absolute atomic E-state index is 5.24. The van der Waals surface area contributed by atoms with Crippen molar-refractivity contribution in [3.05, 3.63) is 54.4 Å². The molecule has 0 unspecified atom stereocenters. The van der Waals surface area contributed by atoms with Crippen molar-refractivity contribution >= 4 is 15.7 Å². The number of fused-ring (bicyclic) bond motifs is 1. The molecular weight excluding hydrogens is 304 g/mol. The molecule has 0 aliphatic rings. The Bertz CT molecular complexity index is 893. The van der Waals surface area contributed by atoms with Gasteiger partial charge in [-0.3, -0.25) is 4.40 Å². The molecule has 3 rings (SSSR count). The fourth-order valence-corrected chi connectivity index (χ4v) is 2.67. The van der Waals surface area contributed by atoms with Crippen molar-refractivity contribution in [3.63, 3.8) is 0 Å². The molecule has 0 aliphatic carbocycles. The van der Waals surface area contributed by atoms with Crippen molar-refractivity contribution in [2.24, 2.45) is 0 Å². The molecule has 0 aliphatic heterocycles. The van der Waals surface area contributed by atoms with E-state index in [1.165, 1.54) is 0 Å². The van der Waals surface area contributed by atoms with Crippen LogP contribution in [0.5, 0.6) is 5.75 Å². The van der Waals surface area contributed by atoms with E-state index in [0.717, 1.165) is 28.3 Å². The molecule has 0 atom stereocenters. The standard InChI is InChI=1S/C19H20N2OS/c1-22-16-10-8-15(9-11-16)19-17(12-14-23(2,3)4)21-13-6-5-7-18(21)20-19/h5-11,13H,1-4H3. The molecule has 1 aromatic carbocycles. The number of pyridine rings is 1. The van der Waals surface area contributed by atoms with Gasteiger partial charge in [-0.2, -0.15) is 10.0 Å². The third kappa shape index (κ3) is 3.35. The lowest BCUT2D eigenvalue weighted by molar-refractivity contribution is 0.415. The fourth-order valence-electron chi connectivity index (χ4n) is 2.27. The zero-order chi connectivity index (χ0) is 16.4. The van der Waals surface area contributed by atoms with E-state index >= 15 is 0 Å². The lowest BCUT2D eigenvalue weighted by atomic mass is 10.1. The van der Waals surface area contributed by atoms with E-state index in [2.05, 4.69) is 34.3 Å². The molecule has 0 amide bonds. The van der Waals surface area contributed by atoms with Crippen molar-refractivity contribution < 1.29 is 4.74 Å². The van der Waals surface area contributed by atoms with Crippen LogP contribution >= 0.6 is 10.0 Å². The van der Waals surface area contributed by atoms with Crippen molar-refractivity contribution in [2.75, 3.05) is 25.9 Å². The topological polar surface area (TPSA) is 26.5 Å². The largest absolute Gasteiger partial charge is 0.497 e. The lowest BCUT2D eigenvalue weighted by Gasteiger charge is -2.14. The van der Waals surface area contributed by atoms with Gasteiger partial charge in [0.1, 0.15) is 22.8 Å².